The average molecular weight is 341 g/mol. The quantitative estimate of drug-likeness (QED) is 0.828. The number of halogens is 2. The van der Waals surface area contributed by atoms with Gasteiger partial charge in [-0.2, -0.15) is 0 Å². The highest BCUT2D eigenvalue weighted by molar-refractivity contribution is 9.10. The molecular weight excluding hydrogens is 327 g/mol. The molecule has 2 aromatic rings. The maximum absolute atomic E-state index is 13.5. The van der Waals surface area contributed by atoms with Crippen LogP contribution in [0, 0.1) is 5.82 Å². The molecule has 0 aliphatic heterocycles. The lowest BCUT2D eigenvalue weighted by Crippen LogP contribution is -1.99. The molecule has 0 fully saturated rings. The van der Waals surface area contributed by atoms with Gasteiger partial charge in [0.15, 0.2) is 11.5 Å². The third kappa shape index (κ3) is 2.96. The zero-order valence-electron chi connectivity index (χ0n) is 11.0. The van der Waals surface area contributed by atoms with E-state index in [9.17, 15) is 4.39 Å². The molecule has 0 atom stereocenters. The van der Waals surface area contributed by atoms with Crippen molar-refractivity contribution in [3.8, 4) is 11.5 Å². The molecular formula is C14H14BrFN2O2. The minimum atomic E-state index is -0.353. The van der Waals surface area contributed by atoms with Crippen LogP contribution in [0.1, 0.15) is 0 Å². The maximum Gasteiger partial charge on any atom is 0.162 e. The van der Waals surface area contributed by atoms with Crippen molar-refractivity contribution >= 4 is 33.0 Å². The Bertz CT molecular complexity index is 635. The second-order valence-corrected chi connectivity index (χ2v) is 4.90. The van der Waals surface area contributed by atoms with E-state index < -0.39 is 0 Å². The van der Waals surface area contributed by atoms with Crippen molar-refractivity contribution in [1.29, 1.82) is 0 Å². The molecule has 0 spiro atoms. The van der Waals surface area contributed by atoms with Crippen LogP contribution in [-0.2, 0) is 0 Å². The number of ether oxygens (including phenoxy) is 2. The molecule has 2 aromatic carbocycles. The highest BCUT2D eigenvalue weighted by Crippen LogP contribution is 2.36. The standard InChI is InChI=1S/C14H14BrFN2O2/c1-19-13-6-11(17)12(7-14(13)20-2)18-8-3-4-9(15)10(16)5-8/h3-7,18H,17H2,1-2H3. The van der Waals surface area contributed by atoms with E-state index in [0.717, 1.165) is 0 Å². The summed E-state index contributed by atoms with van der Waals surface area (Å²) in [6.07, 6.45) is 0. The van der Waals surface area contributed by atoms with Crippen LogP contribution in [0.2, 0.25) is 0 Å². The van der Waals surface area contributed by atoms with Crippen LogP contribution in [0.15, 0.2) is 34.8 Å². The molecule has 0 aliphatic rings. The summed E-state index contributed by atoms with van der Waals surface area (Å²) in [5.74, 6) is 0.730. The third-order valence-corrected chi connectivity index (χ3v) is 3.40. The summed E-state index contributed by atoms with van der Waals surface area (Å²) in [4.78, 5) is 0. The molecule has 0 unspecified atom stereocenters. The van der Waals surface area contributed by atoms with E-state index in [-0.39, 0.29) is 5.82 Å². The van der Waals surface area contributed by atoms with Gasteiger partial charge < -0.3 is 20.5 Å². The fourth-order valence-electron chi connectivity index (χ4n) is 1.73. The van der Waals surface area contributed by atoms with Gasteiger partial charge in [0.25, 0.3) is 0 Å². The number of nitrogens with two attached hydrogens (primary N) is 1. The molecule has 0 amide bonds. The van der Waals surface area contributed by atoms with Gasteiger partial charge in [-0.25, -0.2) is 4.39 Å². The Morgan fingerprint density at radius 2 is 1.75 bits per heavy atom. The van der Waals surface area contributed by atoms with Gasteiger partial charge in [-0.3, -0.25) is 0 Å². The van der Waals surface area contributed by atoms with E-state index in [1.165, 1.54) is 20.3 Å². The van der Waals surface area contributed by atoms with Crippen molar-refractivity contribution in [2.45, 2.75) is 0 Å². The molecule has 6 heteroatoms. The SMILES string of the molecule is COc1cc(N)c(Nc2ccc(Br)c(F)c2)cc1OC. The number of rotatable bonds is 4. The Morgan fingerprint density at radius 3 is 2.35 bits per heavy atom. The van der Waals surface area contributed by atoms with E-state index in [0.29, 0.717) is 33.0 Å². The summed E-state index contributed by atoms with van der Waals surface area (Å²) in [5, 5.41) is 3.04. The Kier molecular flexibility index (Phi) is 4.34. The Labute approximate surface area is 124 Å². The van der Waals surface area contributed by atoms with Crippen LogP contribution >= 0.6 is 15.9 Å². The normalized spacial score (nSPS) is 10.2. The molecule has 0 saturated heterocycles. The number of hydrogen-bond donors (Lipinski definition) is 2. The van der Waals surface area contributed by atoms with Gasteiger partial charge in [-0.15, -0.1) is 0 Å². The number of hydrogen-bond acceptors (Lipinski definition) is 4. The number of methoxy groups -OCH3 is 2. The van der Waals surface area contributed by atoms with Crippen LogP contribution in [0.25, 0.3) is 0 Å². The molecule has 3 N–H and O–H groups in total. The van der Waals surface area contributed by atoms with Crippen molar-refractivity contribution in [2.75, 3.05) is 25.3 Å². The molecule has 20 heavy (non-hydrogen) atoms. The van der Waals surface area contributed by atoms with E-state index in [4.69, 9.17) is 15.2 Å². The molecule has 0 saturated carbocycles. The fraction of sp³-hybridized carbons (Fsp3) is 0.143. The maximum atomic E-state index is 13.5. The second-order valence-electron chi connectivity index (χ2n) is 4.05. The number of benzene rings is 2. The molecule has 0 aromatic heterocycles. The van der Waals surface area contributed by atoms with Crippen molar-refractivity contribution in [2.24, 2.45) is 0 Å². The first kappa shape index (κ1) is 14.5. The lowest BCUT2D eigenvalue weighted by Gasteiger charge is -2.14. The zero-order chi connectivity index (χ0) is 14.7. The highest BCUT2D eigenvalue weighted by Gasteiger charge is 2.10. The molecule has 106 valence electrons. The summed E-state index contributed by atoms with van der Waals surface area (Å²) in [6, 6.07) is 8.09. The zero-order valence-corrected chi connectivity index (χ0v) is 12.6. The van der Waals surface area contributed by atoms with Gasteiger partial charge >= 0.3 is 0 Å². The predicted octanol–water partition coefficient (Wildman–Crippen LogP) is 3.93. The minimum Gasteiger partial charge on any atom is -0.493 e. The predicted molar refractivity (Wildman–Crippen MR) is 81.3 cm³/mol. The number of anilines is 3. The van der Waals surface area contributed by atoms with Gasteiger partial charge in [0.05, 0.1) is 30.1 Å². The molecule has 0 radical (unpaired) electrons. The van der Waals surface area contributed by atoms with Gasteiger partial charge in [-0.1, -0.05) is 0 Å². The Hall–Kier alpha value is -1.95. The largest absolute Gasteiger partial charge is 0.493 e. The van der Waals surface area contributed by atoms with Gasteiger partial charge in [0.1, 0.15) is 5.82 Å². The lowest BCUT2D eigenvalue weighted by molar-refractivity contribution is 0.355. The lowest BCUT2D eigenvalue weighted by atomic mass is 10.2. The summed E-state index contributed by atoms with van der Waals surface area (Å²) < 4.78 is 24.3. The van der Waals surface area contributed by atoms with Crippen LogP contribution in [0.4, 0.5) is 21.5 Å². The first-order valence-electron chi connectivity index (χ1n) is 5.78. The highest BCUT2D eigenvalue weighted by atomic mass is 79.9. The van der Waals surface area contributed by atoms with Crippen molar-refractivity contribution in [1.82, 2.24) is 0 Å². The summed E-state index contributed by atoms with van der Waals surface area (Å²) >= 11 is 3.11. The third-order valence-electron chi connectivity index (χ3n) is 2.75. The topological polar surface area (TPSA) is 56.5 Å². The van der Waals surface area contributed by atoms with Crippen LogP contribution in [0.3, 0.4) is 0 Å². The summed E-state index contributed by atoms with van der Waals surface area (Å²) in [6.45, 7) is 0. The first-order chi connectivity index (χ1) is 9.55. The van der Waals surface area contributed by atoms with E-state index in [1.54, 1.807) is 24.3 Å². The number of nitrogen functional groups attached to an aromatic ring is 1. The van der Waals surface area contributed by atoms with E-state index in [2.05, 4.69) is 21.2 Å². The van der Waals surface area contributed by atoms with Crippen LogP contribution in [-0.4, -0.2) is 14.2 Å². The van der Waals surface area contributed by atoms with Gasteiger partial charge in [-0.05, 0) is 34.1 Å². The van der Waals surface area contributed by atoms with Crippen LogP contribution in [0.5, 0.6) is 11.5 Å². The average Bonchev–Trinajstić information content (AvgIpc) is 2.44. The molecule has 0 heterocycles. The second kappa shape index (κ2) is 6.00. The summed E-state index contributed by atoms with van der Waals surface area (Å²) in [5.41, 5.74) is 7.62. The fourth-order valence-corrected chi connectivity index (χ4v) is 1.98. The molecule has 2 rings (SSSR count). The number of nitrogens with one attached hydrogen (secondary N) is 1. The Balaban J connectivity index is 2.35. The van der Waals surface area contributed by atoms with E-state index in [1.807, 2.05) is 0 Å². The molecule has 4 nitrogen and oxygen atoms in total. The first-order valence-corrected chi connectivity index (χ1v) is 6.58. The van der Waals surface area contributed by atoms with E-state index >= 15 is 0 Å². The van der Waals surface area contributed by atoms with Gasteiger partial charge in [0.2, 0.25) is 0 Å². The molecule has 0 aliphatic carbocycles. The van der Waals surface area contributed by atoms with Crippen molar-refractivity contribution in [3.63, 3.8) is 0 Å². The monoisotopic (exact) mass is 340 g/mol. The Morgan fingerprint density at radius 1 is 1.10 bits per heavy atom. The summed E-state index contributed by atoms with van der Waals surface area (Å²) in [7, 11) is 3.08. The van der Waals surface area contributed by atoms with Gasteiger partial charge in [0, 0.05) is 17.8 Å². The van der Waals surface area contributed by atoms with Crippen LogP contribution < -0.4 is 20.5 Å². The van der Waals surface area contributed by atoms with Crippen molar-refractivity contribution < 1.29 is 13.9 Å². The molecule has 0 bridgehead atoms. The smallest absolute Gasteiger partial charge is 0.162 e. The van der Waals surface area contributed by atoms with Crippen molar-refractivity contribution in [3.05, 3.63) is 40.6 Å². The minimum absolute atomic E-state index is 0.353.